The van der Waals surface area contributed by atoms with E-state index in [1.54, 1.807) is 11.3 Å². The summed E-state index contributed by atoms with van der Waals surface area (Å²) in [5, 5.41) is 13.2. The second-order valence-electron chi connectivity index (χ2n) is 10.1. The molecule has 0 fully saturated rings. The van der Waals surface area contributed by atoms with Crippen molar-refractivity contribution in [2.75, 3.05) is 5.32 Å². The van der Waals surface area contributed by atoms with E-state index in [0.717, 1.165) is 33.2 Å². The fourth-order valence-electron chi connectivity index (χ4n) is 4.76. The molecule has 0 saturated heterocycles. The number of aromatic nitrogens is 3. The SMILES string of the molecule is Cc1sc2c(c1C)C(c1ccc(Cl)cc1)=N[C@@H](CC(=O)CC(=O)Nc1ccc(C(C)C)cc1)c1nnc(C)n1-2. The molecule has 3 heterocycles. The van der Waals surface area contributed by atoms with Crippen LogP contribution in [0.15, 0.2) is 53.5 Å². The molecule has 1 N–H and O–H groups in total. The van der Waals surface area contributed by atoms with E-state index in [-0.39, 0.29) is 24.5 Å². The van der Waals surface area contributed by atoms with Crippen molar-refractivity contribution in [1.82, 2.24) is 14.8 Å². The number of aliphatic imine (C=N–C) groups is 1. The van der Waals surface area contributed by atoms with Crippen LogP contribution in [0.4, 0.5) is 5.69 Å². The van der Waals surface area contributed by atoms with Crippen molar-refractivity contribution >= 4 is 46.0 Å². The quantitative estimate of drug-likeness (QED) is 0.249. The number of nitrogens with one attached hydrogen (secondary N) is 1. The van der Waals surface area contributed by atoms with E-state index in [2.05, 4.69) is 43.2 Å². The number of thiophene rings is 1. The van der Waals surface area contributed by atoms with Crippen molar-refractivity contribution in [2.45, 2.75) is 59.4 Å². The van der Waals surface area contributed by atoms with Crippen LogP contribution in [0.1, 0.15) is 77.4 Å². The van der Waals surface area contributed by atoms with E-state index in [4.69, 9.17) is 16.6 Å². The molecule has 2 aromatic carbocycles. The van der Waals surface area contributed by atoms with Crippen molar-refractivity contribution < 1.29 is 9.59 Å². The zero-order chi connectivity index (χ0) is 27.8. The Morgan fingerprint density at radius 2 is 1.72 bits per heavy atom. The molecule has 0 radical (unpaired) electrons. The molecule has 0 saturated carbocycles. The number of fused-ring (bicyclic) bond motifs is 3. The van der Waals surface area contributed by atoms with Gasteiger partial charge in [-0.2, -0.15) is 0 Å². The van der Waals surface area contributed by atoms with Crippen LogP contribution >= 0.6 is 22.9 Å². The van der Waals surface area contributed by atoms with Gasteiger partial charge in [-0.3, -0.25) is 19.1 Å². The first-order valence-corrected chi connectivity index (χ1v) is 14.1. The molecule has 1 amide bonds. The van der Waals surface area contributed by atoms with Crippen molar-refractivity contribution in [3.8, 4) is 5.00 Å². The summed E-state index contributed by atoms with van der Waals surface area (Å²) < 4.78 is 2.00. The molecule has 2 aromatic heterocycles. The Labute approximate surface area is 237 Å². The van der Waals surface area contributed by atoms with Crippen LogP contribution in [0.2, 0.25) is 5.02 Å². The van der Waals surface area contributed by atoms with Gasteiger partial charge in [0.15, 0.2) is 5.82 Å². The topological polar surface area (TPSA) is 89.2 Å². The van der Waals surface area contributed by atoms with Crippen LogP contribution in [0.3, 0.4) is 0 Å². The van der Waals surface area contributed by atoms with Gasteiger partial charge in [-0.15, -0.1) is 21.5 Å². The summed E-state index contributed by atoms with van der Waals surface area (Å²) in [7, 11) is 0. The molecule has 0 bridgehead atoms. The monoisotopic (exact) mass is 559 g/mol. The summed E-state index contributed by atoms with van der Waals surface area (Å²) in [5.74, 6) is 1.14. The minimum atomic E-state index is -0.596. The van der Waals surface area contributed by atoms with Gasteiger partial charge in [-0.05, 0) is 62.1 Å². The fraction of sp³-hybridized carbons (Fsp3) is 0.300. The highest BCUT2D eigenvalue weighted by atomic mass is 35.5. The van der Waals surface area contributed by atoms with Gasteiger partial charge in [-0.25, -0.2) is 0 Å². The van der Waals surface area contributed by atoms with E-state index in [1.807, 2.05) is 60.0 Å². The number of benzene rings is 2. The standard InChI is InChI=1S/C30H30ClN5O2S/c1-16(2)20-8-12-23(13-9-20)32-26(38)15-24(37)14-25-29-35-34-19(5)36(29)30-27(17(3)18(4)39-30)28(33-25)21-6-10-22(31)11-7-21/h6-13,16,25H,14-15H2,1-5H3,(H,32,38)/t25-/m0/s1. The van der Waals surface area contributed by atoms with Gasteiger partial charge in [0, 0.05) is 33.1 Å². The number of hydrogen-bond acceptors (Lipinski definition) is 6. The lowest BCUT2D eigenvalue weighted by Gasteiger charge is -2.13. The molecule has 0 unspecified atom stereocenters. The van der Waals surface area contributed by atoms with E-state index < -0.39 is 6.04 Å². The third-order valence-electron chi connectivity index (χ3n) is 7.00. The molecule has 1 aliphatic rings. The molecular formula is C30H30ClN5O2S. The number of nitrogens with zero attached hydrogens (tertiary/aromatic N) is 4. The zero-order valence-electron chi connectivity index (χ0n) is 22.6. The number of halogens is 1. The number of ketones is 1. The van der Waals surface area contributed by atoms with E-state index in [9.17, 15) is 9.59 Å². The second kappa shape index (κ2) is 10.9. The van der Waals surface area contributed by atoms with E-state index >= 15 is 0 Å². The maximum absolute atomic E-state index is 13.2. The highest BCUT2D eigenvalue weighted by Crippen LogP contribution is 2.39. The summed E-state index contributed by atoms with van der Waals surface area (Å²) in [5.41, 5.74) is 5.66. The molecule has 4 aromatic rings. The highest BCUT2D eigenvalue weighted by Gasteiger charge is 2.32. The van der Waals surface area contributed by atoms with Gasteiger partial charge in [0.1, 0.15) is 22.7 Å². The third kappa shape index (κ3) is 5.44. The predicted octanol–water partition coefficient (Wildman–Crippen LogP) is 6.91. The number of carbonyl (C=O) groups is 2. The number of carbonyl (C=O) groups excluding carboxylic acids is 2. The zero-order valence-corrected chi connectivity index (χ0v) is 24.2. The first kappa shape index (κ1) is 27.0. The van der Waals surface area contributed by atoms with Gasteiger partial charge < -0.3 is 5.32 Å². The number of anilines is 1. The fourth-order valence-corrected chi connectivity index (χ4v) is 6.10. The van der Waals surface area contributed by atoms with Gasteiger partial charge in [0.25, 0.3) is 0 Å². The second-order valence-corrected chi connectivity index (χ2v) is 11.8. The summed E-state index contributed by atoms with van der Waals surface area (Å²) in [6.45, 7) is 10.3. The van der Waals surface area contributed by atoms with E-state index in [1.165, 1.54) is 10.4 Å². The maximum atomic E-state index is 13.2. The molecule has 39 heavy (non-hydrogen) atoms. The van der Waals surface area contributed by atoms with Gasteiger partial charge >= 0.3 is 0 Å². The van der Waals surface area contributed by atoms with Crippen LogP contribution in [-0.4, -0.2) is 32.2 Å². The van der Waals surface area contributed by atoms with Gasteiger partial charge in [0.2, 0.25) is 5.91 Å². The first-order valence-electron chi connectivity index (χ1n) is 12.9. The molecule has 200 valence electrons. The van der Waals surface area contributed by atoms with Crippen LogP contribution < -0.4 is 5.32 Å². The Morgan fingerprint density at radius 1 is 1.03 bits per heavy atom. The highest BCUT2D eigenvalue weighted by molar-refractivity contribution is 7.15. The maximum Gasteiger partial charge on any atom is 0.231 e. The first-order chi connectivity index (χ1) is 18.6. The lowest BCUT2D eigenvalue weighted by Crippen LogP contribution is -2.19. The Balaban J connectivity index is 1.45. The molecule has 0 aliphatic carbocycles. The van der Waals surface area contributed by atoms with Crippen molar-refractivity contribution in [1.29, 1.82) is 0 Å². The Hall–Kier alpha value is -3.62. The predicted molar refractivity (Wildman–Crippen MR) is 157 cm³/mol. The third-order valence-corrected chi connectivity index (χ3v) is 8.44. The number of rotatable bonds is 7. The average molecular weight is 560 g/mol. The van der Waals surface area contributed by atoms with Gasteiger partial charge in [-0.1, -0.05) is 49.7 Å². The summed E-state index contributed by atoms with van der Waals surface area (Å²) in [6.07, 6.45) is -0.219. The van der Waals surface area contributed by atoms with Gasteiger partial charge in [0.05, 0.1) is 12.1 Å². The molecule has 1 atom stereocenters. The van der Waals surface area contributed by atoms with Crippen molar-refractivity contribution in [3.63, 3.8) is 0 Å². The van der Waals surface area contributed by atoms with Crippen LogP contribution in [0, 0.1) is 20.8 Å². The summed E-state index contributed by atoms with van der Waals surface area (Å²) in [6, 6.07) is 14.6. The number of amides is 1. The Bertz CT molecular complexity index is 1580. The molecular weight excluding hydrogens is 530 g/mol. The average Bonchev–Trinajstić information content (AvgIpc) is 3.37. The summed E-state index contributed by atoms with van der Waals surface area (Å²) in [4.78, 5) is 32.2. The van der Waals surface area contributed by atoms with Crippen molar-refractivity contribution in [3.05, 3.63) is 92.3 Å². The Morgan fingerprint density at radius 3 is 2.38 bits per heavy atom. The molecule has 0 spiro atoms. The molecule has 5 rings (SSSR count). The minimum absolute atomic E-state index is 0.0297. The smallest absolute Gasteiger partial charge is 0.231 e. The lowest BCUT2D eigenvalue weighted by atomic mass is 9.99. The molecule has 7 nitrogen and oxygen atoms in total. The Kier molecular flexibility index (Phi) is 7.51. The lowest BCUT2D eigenvalue weighted by molar-refractivity contribution is -0.125. The van der Waals surface area contributed by atoms with Crippen LogP contribution in [-0.2, 0) is 9.59 Å². The largest absolute Gasteiger partial charge is 0.326 e. The summed E-state index contributed by atoms with van der Waals surface area (Å²) >= 11 is 7.83. The number of hydrogen-bond donors (Lipinski definition) is 1. The van der Waals surface area contributed by atoms with Crippen molar-refractivity contribution in [2.24, 2.45) is 4.99 Å². The van der Waals surface area contributed by atoms with E-state index in [0.29, 0.717) is 22.5 Å². The minimum Gasteiger partial charge on any atom is -0.326 e. The number of aryl methyl sites for hydroxylation is 2. The molecule has 9 heteroatoms. The molecule has 1 aliphatic heterocycles. The number of Topliss-reactive ketones (excluding diaryl/α,β-unsaturated/α-hetero) is 1. The normalized spacial score (nSPS) is 14.4. The van der Waals surface area contributed by atoms with Crippen LogP contribution in [0.5, 0.6) is 0 Å². The van der Waals surface area contributed by atoms with Crippen LogP contribution in [0.25, 0.3) is 5.00 Å².